The lowest BCUT2D eigenvalue weighted by Crippen LogP contribution is -2.40. The molecule has 194 valence electrons. The number of fused-ring (bicyclic) bond motifs is 1. The van der Waals surface area contributed by atoms with Crippen molar-refractivity contribution >= 4 is 37.4 Å². The van der Waals surface area contributed by atoms with E-state index in [1.165, 1.54) is 12.7 Å². The van der Waals surface area contributed by atoms with E-state index in [-0.39, 0.29) is 12.4 Å². The average molecular weight is 513 g/mol. The minimum absolute atomic E-state index is 0.181. The van der Waals surface area contributed by atoms with Crippen molar-refractivity contribution < 1.29 is 37.8 Å². The molecule has 0 spiro atoms. The van der Waals surface area contributed by atoms with Crippen LogP contribution < -0.4 is 5.73 Å². The van der Waals surface area contributed by atoms with Crippen LogP contribution in [0.15, 0.2) is 12.7 Å². The fourth-order valence-corrected chi connectivity index (χ4v) is 2.97. The van der Waals surface area contributed by atoms with Gasteiger partial charge in [0.1, 0.15) is 11.8 Å². The van der Waals surface area contributed by atoms with Gasteiger partial charge in [0, 0.05) is 0 Å². The molecular formula is C21H32N5O8P. The lowest BCUT2D eigenvalue weighted by atomic mass is 9.98. The van der Waals surface area contributed by atoms with Gasteiger partial charge in [-0.2, -0.15) is 0 Å². The molecule has 0 bridgehead atoms. The normalized spacial score (nSPS) is 13.7. The number of carbonyl (C=O) groups excluding carboxylic acids is 2. The number of imidazole rings is 1. The Kier molecular flexibility index (Phi) is 9.23. The summed E-state index contributed by atoms with van der Waals surface area (Å²) in [5.74, 6) is -0.880. The number of nitrogens with two attached hydrogens (primary N) is 1. The molecule has 0 aromatic carbocycles. The molecule has 0 aliphatic rings. The zero-order valence-electron chi connectivity index (χ0n) is 20.9. The van der Waals surface area contributed by atoms with Crippen LogP contribution in [0.5, 0.6) is 0 Å². The first-order valence-corrected chi connectivity index (χ1v) is 11.6. The predicted octanol–water partition coefficient (Wildman–Crippen LogP) is 2.84. The van der Waals surface area contributed by atoms with Crippen molar-refractivity contribution in [2.45, 2.75) is 66.8 Å². The third-order valence-corrected chi connectivity index (χ3v) is 5.02. The number of nitrogens with zero attached hydrogens (tertiary/aromatic N) is 4. The number of nitrogen functional groups attached to an aromatic ring is 1. The molecule has 1 unspecified atom stereocenters. The van der Waals surface area contributed by atoms with Gasteiger partial charge in [-0.3, -0.25) is 23.6 Å². The van der Waals surface area contributed by atoms with E-state index in [9.17, 15) is 14.2 Å². The van der Waals surface area contributed by atoms with E-state index in [4.69, 9.17) is 29.4 Å². The van der Waals surface area contributed by atoms with Crippen LogP contribution in [-0.4, -0.2) is 56.9 Å². The number of ether oxygens (including phenoxy) is 5. The predicted molar refractivity (Wildman–Crippen MR) is 124 cm³/mol. The van der Waals surface area contributed by atoms with E-state index >= 15 is 0 Å². The minimum Gasteiger partial charge on any atom is -0.438 e. The maximum absolute atomic E-state index is 12.2. The maximum atomic E-state index is 12.2. The van der Waals surface area contributed by atoms with Crippen molar-refractivity contribution in [3.05, 3.63) is 12.7 Å². The Morgan fingerprint density at radius 3 is 2.03 bits per heavy atom. The number of carbonyl (C=O) groups is 2. The highest BCUT2D eigenvalue weighted by molar-refractivity contribution is 7.25. The number of hydrogen-bond donors (Lipinski definition) is 1. The van der Waals surface area contributed by atoms with E-state index in [2.05, 4.69) is 15.0 Å². The molecule has 2 rings (SSSR count). The van der Waals surface area contributed by atoms with Gasteiger partial charge in [0.2, 0.25) is 0 Å². The van der Waals surface area contributed by atoms with Crippen LogP contribution in [-0.2, 0) is 44.4 Å². The zero-order valence-corrected chi connectivity index (χ0v) is 21.8. The Hall–Kier alpha value is -2.73. The van der Waals surface area contributed by atoms with Gasteiger partial charge < -0.3 is 24.5 Å². The summed E-state index contributed by atoms with van der Waals surface area (Å²) in [6.07, 6.45) is 2.12. The molecule has 2 N–H and O–H groups in total. The van der Waals surface area contributed by atoms with Crippen LogP contribution in [0.3, 0.4) is 0 Å². The van der Waals surface area contributed by atoms with Crippen molar-refractivity contribution in [1.82, 2.24) is 19.5 Å². The number of esters is 2. The number of aromatic nitrogens is 4. The summed E-state index contributed by atoms with van der Waals surface area (Å²) in [4.78, 5) is 36.4. The lowest BCUT2D eigenvalue weighted by Gasteiger charge is -2.30. The Bertz CT molecular complexity index is 1010. The smallest absolute Gasteiger partial charge is 0.374 e. The summed E-state index contributed by atoms with van der Waals surface area (Å²) in [5.41, 5.74) is 2.90. The van der Waals surface area contributed by atoms with Crippen LogP contribution in [0.2, 0.25) is 0 Å². The van der Waals surface area contributed by atoms with Gasteiger partial charge in [-0.1, -0.05) is 0 Å². The second kappa shape index (κ2) is 11.3. The Balaban J connectivity index is 2.14. The summed E-state index contributed by atoms with van der Waals surface area (Å²) in [6, 6.07) is 0. The molecular weight excluding hydrogens is 481 g/mol. The summed E-state index contributed by atoms with van der Waals surface area (Å²) >= 11 is 0. The number of anilines is 1. The molecule has 2 aromatic heterocycles. The van der Waals surface area contributed by atoms with Crippen molar-refractivity contribution in [1.29, 1.82) is 0 Å². The van der Waals surface area contributed by atoms with Crippen LogP contribution in [0.4, 0.5) is 5.82 Å². The molecule has 2 heterocycles. The maximum Gasteiger partial charge on any atom is 0.374 e. The number of hydrogen-bond acceptors (Lipinski definition) is 12. The average Bonchev–Trinajstić information content (AvgIpc) is 3.15. The molecule has 35 heavy (non-hydrogen) atoms. The van der Waals surface area contributed by atoms with Gasteiger partial charge in [0.05, 0.1) is 29.8 Å². The molecule has 0 aliphatic heterocycles. The topological polar surface area (TPSA) is 167 Å². The fourth-order valence-electron chi connectivity index (χ4n) is 2.53. The molecule has 2 aromatic rings. The van der Waals surface area contributed by atoms with Gasteiger partial charge >= 0.3 is 17.7 Å². The molecule has 0 amide bonds. The second-order valence-electron chi connectivity index (χ2n) is 9.76. The molecule has 0 aliphatic carbocycles. The fraction of sp³-hybridized carbons (Fsp3) is 0.667. The highest BCUT2D eigenvalue weighted by atomic mass is 31.1. The zero-order chi connectivity index (χ0) is 26.4. The van der Waals surface area contributed by atoms with E-state index in [1.807, 2.05) is 0 Å². The highest BCUT2D eigenvalue weighted by Crippen LogP contribution is 2.31. The van der Waals surface area contributed by atoms with Crippen molar-refractivity contribution in [3.63, 3.8) is 0 Å². The molecule has 14 heteroatoms. The molecule has 0 fully saturated rings. The van der Waals surface area contributed by atoms with Gasteiger partial charge in [0.25, 0.3) is 8.46 Å². The van der Waals surface area contributed by atoms with Crippen LogP contribution in [0.25, 0.3) is 11.2 Å². The van der Waals surface area contributed by atoms with E-state index in [1.54, 1.807) is 53.0 Å². The Morgan fingerprint density at radius 2 is 1.54 bits per heavy atom. The second-order valence-corrected chi connectivity index (χ2v) is 10.5. The first kappa shape index (κ1) is 28.5. The standard InChI is InChI=1S/C21H32N5O8P/c1-13(8-26-10-25-14-15(22)23-9-24-16(14)26)34-21(35-29,32-11-30-17(27)19(2,3)4)33-12-31-18(28)20(5,6)7/h9-10,13H,8,11-12H2,1-7H3,(H2,22,23,24). The quantitative estimate of drug-likeness (QED) is 0.265. The van der Waals surface area contributed by atoms with Crippen molar-refractivity contribution in [2.75, 3.05) is 19.3 Å². The minimum atomic E-state index is -2.24. The molecule has 0 radical (unpaired) electrons. The van der Waals surface area contributed by atoms with Crippen LogP contribution >= 0.6 is 8.46 Å². The largest absolute Gasteiger partial charge is 0.438 e. The summed E-state index contributed by atoms with van der Waals surface area (Å²) < 4.78 is 40.6. The highest BCUT2D eigenvalue weighted by Gasteiger charge is 2.40. The molecule has 0 saturated heterocycles. The van der Waals surface area contributed by atoms with E-state index in [0.717, 1.165) is 0 Å². The summed E-state index contributed by atoms with van der Waals surface area (Å²) in [5, 5.41) is 0. The van der Waals surface area contributed by atoms with E-state index < -0.39 is 56.6 Å². The summed E-state index contributed by atoms with van der Waals surface area (Å²) in [7, 11) is -0.759. The van der Waals surface area contributed by atoms with Gasteiger partial charge in [-0.25, -0.2) is 15.0 Å². The van der Waals surface area contributed by atoms with Crippen molar-refractivity contribution in [3.8, 4) is 0 Å². The SMILES string of the molecule is CC(Cn1cnc2c(N)ncnc21)OC(OCOC(=O)C(C)(C)C)(OCOC(=O)C(C)(C)C)P=O. The number of rotatable bonds is 11. The molecule has 0 saturated carbocycles. The Morgan fingerprint density at radius 1 is 1.00 bits per heavy atom. The van der Waals surface area contributed by atoms with Gasteiger partial charge in [-0.05, 0) is 48.5 Å². The van der Waals surface area contributed by atoms with E-state index in [0.29, 0.717) is 11.2 Å². The first-order valence-electron chi connectivity index (χ1n) is 10.7. The third-order valence-electron chi connectivity index (χ3n) is 4.43. The third kappa shape index (κ3) is 7.89. The van der Waals surface area contributed by atoms with Gasteiger partial charge in [0.15, 0.2) is 25.1 Å². The van der Waals surface area contributed by atoms with Crippen LogP contribution in [0.1, 0.15) is 48.5 Å². The molecule has 13 nitrogen and oxygen atoms in total. The lowest BCUT2D eigenvalue weighted by molar-refractivity contribution is -0.367. The Labute approximate surface area is 204 Å². The first-order chi connectivity index (χ1) is 16.2. The monoisotopic (exact) mass is 513 g/mol. The van der Waals surface area contributed by atoms with Crippen LogP contribution in [0, 0.1) is 10.8 Å². The molecule has 1 atom stereocenters. The van der Waals surface area contributed by atoms with Crippen molar-refractivity contribution in [2.24, 2.45) is 10.8 Å². The van der Waals surface area contributed by atoms with Gasteiger partial charge in [-0.15, -0.1) is 0 Å². The summed E-state index contributed by atoms with van der Waals surface area (Å²) in [6.45, 7) is 10.6.